The lowest BCUT2D eigenvalue weighted by Gasteiger charge is -2.11. The molecule has 0 bridgehead atoms. The normalized spacial score (nSPS) is 11.5. The molecule has 114 valence electrons. The molecule has 5 rings (SSSR count). The average Bonchev–Trinajstić information content (AvgIpc) is 2.95. The second kappa shape index (κ2) is 4.93. The Bertz CT molecular complexity index is 1160. The molecule has 2 aromatic heterocycles. The number of para-hydroxylation sites is 3. The Morgan fingerprint density at radius 1 is 0.625 bits per heavy atom. The molecule has 0 aliphatic rings. The fraction of sp³-hybridized carbons (Fsp3) is 0.0455. The van der Waals surface area contributed by atoms with Crippen molar-refractivity contribution in [2.45, 2.75) is 6.92 Å². The van der Waals surface area contributed by atoms with Crippen LogP contribution in [0.5, 0.6) is 0 Å². The second-order valence-electron chi connectivity index (χ2n) is 6.19. The maximum Gasteiger partial charge on any atom is 0.0715 e. The third kappa shape index (κ3) is 1.80. The van der Waals surface area contributed by atoms with Gasteiger partial charge in [-0.15, -0.1) is 0 Å². The molecule has 0 fully saturated rings. The fourth-order valence-corrected chi connectivity index (χ4v) is 3.71. The molecular formula is C22H16N2. The summed E-state index contributed by atoms with van der Waals surface area (Å²) in [5.74, 6) is 0. The number of rotatable bonds is 1. The van der Waals surface area contributed by atoms with E-state index in [9.17, 15) is 0 Å². The summed E-state index contributed by atoms with van der Waals surface area (Å²) < 4.78 is 0. The fourth-order valence-electron chi connectivity index (χ4n) is 3.71. The largest absolute Gasteiger partial charge is 0.358 e. The Hall–Kier alpha value is -3.13. The van der Waals surface area contributed by atoms with E-state index in [1.807, 2.05) is 0 Å². The van der Waals surface area contributed by atoms with E-state index in [-0.39, 0.29) is 0 Å². The number of hydrogen-bond donors (Lipinski definition) is 1. The van der Waals surface area contributed by atoms with Crippen LogP contribution < -0.4 is 0 Å². The van der Waals surface area contributed by atoms with E-state index in [1.54, 1.807) is 0 Å². The molecule has 0 atom stereocenters. The molecular weight excluding hydrogens is 292 g/mol. The minimum atomic E-state index is 1.04. The average molecular weight is 308 g/mol. The van der Waals surface area contributed by atoms with Crippen molar-refractivity contribution in [1.82, 2.24) is 9.97 Å². The quantitative estimate of drug-likeness (QED) is 0.387. The summed E-state index contributed by atoms with van der Waals surface area (Å²) in [6.45, 7) is 2.15. The van der Waals surface area contributed by atoms with Gasteiger partial charge in [-0.3, -0.25) is 0 Å². The predicted molar refractivity (Wildman–Crippen MR) is 101 cm³/mol. The molecule has 0 aliphatic heterocycles. The highest BCUT2D eigenvalue weighted by atomic mass is 14.7. The lowest BCUT2D eigenvalue weighted by atomic mass is 9.94. The lowest BCUT2D eigenvalue weighted by Crippen LogP contribution is -1.89. The number of nitrogens with zero attached hydrogens (tertiary/aromatic N) is 1. The first kappa shape index (κ1) is 13.3. The molecule has 2 heteroatoms. The standard InChI is InChI=1S/C22H16N2/c1-14-21(15-8-2-5-11-18(15)23-14)22-16-9-3-6-12-19(16)24-20-13-7-4-10-17(20)22/h2-13,23H,1H3. The number of benzene rings is 3. The summed E-state index contributed by atoms with van der Waals surface area (Å²) >= 11 is 0. The zero-order valence-corrected chi connectivity index (χ0v) is 13.4. The van der Waals surface area contributed by atoms with Crippen LogP contribution in [0.3, 0.4) is 0 Å². The van der Waals surface area contributed by atoms with Gasteiger partial charge in [0.2, 0.25) is 0 Å². The van der Waals surface area contributed by atoms with Gasteiger partial charge in [-0.25, -0.2) is 4.98 Å². The Morgan fingerprint density at radius 2 is 1.17 bits per heavy atom. The van der Waals surface area contributed by atoms with Gasteiger partial charge in [0, 0.05) is 38.5 Å². The zero-order chi connectivity index (χ0) is 16.1. The van der Waals surface area contributed by atoms with Gasteiger partial charge in [0.1, 0.15) is 0 Å². The topological polar surface area (TPSA) is 28.7 Å². The Balaban J connectivity index is 2.05. The number of pyridine rings is 1. The van der Waals surface area contributed by atoms with Crippen LogP contribution in [-0.4, -0.2) is 9.97 Å². The highest BCUT2D eigenvalue weighted by molar-refractivity contribution is 6.15. The zero-order valence-electron chi connectivity index (χ0n) is 13.4. The first-order valence-electron chi connectivity index (χ1n) is 8.18. The number of fused-ring (bicyclic) bond motifs is 3. The van der Waals surface area contributed by atoms with Gasteiger partial charge in [-0.1, -0.05) is 54.6 Å². The van der Waals surface area contributed by atoms with Crippen LogP contribution in [0, 0.1) is 6.92 Å². The molecule has 24 heavy (non-hydrogen) atoms. The molecule has 0 saturated heterocycles. The number of aromatic nitrogens is 2. The van der Waals surface area contributed by atoms with Gasteiger partial charge in [-0.05, 0) is 25.1 Å². The van der Waals surface area contributed by atoms with Crippen LogP contribution in [0.4, 0.5) is 0 Å². The van der Waals surface area contributed by atoms with Crippen molar-refractivity contribution in [2.24, 2.45) is 0 Å². The highest BCUT2D eigenvalue weighted by Crippen LogP contribution is 2.40. The minimum Gasteiger partial charge on any atom is -0.358 e. The third-order valence-corrected chi connectivity index (χ3v) is 4.73. The highest BCUT2D eigenvalue weighted by Gasteiger charge is 2.16. The molecule has 3 aromatic carbocycles. The van der Waals surface area contributed by atoms with Crippen LogP contribution in [0.1, 0.15) is 5.69 Å². The number of nitrogens with one attached hydrogen (secondary N) is 1. The first-order chi connectivity index (χ1) is 11.8. The maximum absolute atomic E-state index is 4.85. The minimum absolute atomic E-state index is 1.04. The molecule has 2 nitrogen and oxygen atoms in total. The van der Waals surface area contributed by atoms with E-state index in [1.165, 1.54) is 38.5 Å². The van der Waals surface area contributed by atoms with E-state index in [0.29, 0.717) is 0 Å². The summed E-state index contributed by atoms with van der Waals surface area (Å²) in [6, 6.07) is 25.3. The molecule has 5 aromatic rings. The third-order valence-electron chi connectivity index (χ3n) is 4.73. The van der Waals surface area contributed by atoms with E-state index < -0.39 is 0 Å². The summed E-state index contributed by atoms with van der Waals surface area (Å²) in [7, 11) is 0. The summed E-state index contributed by atoms with van der Waals surface area (Å²) in [5, 5.41) is 3.66. The van der Waals surface area contributed by atoms with Gasteiger partial charge >= 0.3 is 0 Å². The van der Waals surface area contributed by atoms with Gasteiger partial charge in [0.25, 0.3) is 0 Å². The van der Waals surface area contributed by atoms with Crippen molar-refractivity contribution in [1.29, 1.82) is 0 Å². The molecule has 0 unspecified atom stereocenters. The van der Waals surface area contributed by atoms with E-state index >= 15 is 0 Å². The van der Waals surface area contributed by atoms with Crippen LogP contribution in [0.25, 0.3) is 43.8 Å². The van der Waals surface area contributed by atoms with Crippen LogP contribution in [0.15, 0.2) is 72.8 Å². The van der Waals surface area contributed by atoms with Crippen LogP contribution >= 0.6 is 0 Å². The SMILES string of the molecule is Cc1[nH]c2ccccc2c1-c1c2ccccc2nc2ccccc12. The number of H-pyrrole nitrogens is 1. The van der Waals surface area contributed by atoms with E-state index in [0.717, 1.165) is 11.0 Å². The van der Waals surface area contributed by atoms with Gasteiger partial charge in [-0.2, -0.15) is 0 Å². The van der Waals surface area contributed by atoms with Gasteiger partial charge in [0.15, 0.2) is 0 Å². The smallest absolute Gasteiger partial charge is 0.0715 e. The predicted octanol–water partition coefficient (Wildman–Crippen LogP) is 5.84. The Labute approximate surface area is 139 Å². The molecule has 0 saturated carbocycles. The summed E-state index contributed by atoms with van der Waals surface area (Å²) in [5.41, 5.74) is 6.99. The number of aryl methyl sites for hydroxylation is 1. The first-order valence-corrected chi connectivity index (χ1v) is 8.18. The second-order valence-corrected chi connectivity index (χ2v) is 6.19. The number of hydrogen-bond acceptors (Lipinski definition) is 1. The molecule has 0 aliphatic carbocycles. The summed E-state index contributed by atoms with van der Waals surface area (Å²) in [4.78, 5) is 8.38. The van der Waals surface area contributed by atoms with Crippen molar-refractivity contribution < 1.29 is 0 Å². The Morgan fingerprint density at radius 3 is 1.83 bits per heavy atom. The summed E-state index contributed by atoms with van der Waals surface area (Å²) in [6.07, 6.45) is 0. The number of aromatic amines is 1. The van der Waals surface area contributed by atoms with Crippen molar-refractivity contribution in [3.63, 3.8) is 0 Å². The van der Waals surface area contributed by atoms with Gasteiger partial charge in [0.05, 0.1) is 11.0 Å². The maximum atomic E-state index is 4.85. The molecule has 0 spiro atoms. The monoisotopic (exact) mass is 308 g/mol. The van der Waals surface area contributed by atoms with E-state index in [4.69, 9.17) is 4.98 Å². The molecule has 1 N–H and O–H groups in total. The lowest BCUT2D eigenvalue weighted by molar-refractivity contribution is 1.30. The van der Waals surface area contributed by atoms with Crippen molar-refractivity contribution >= 4 is 32.7 Å². The van der Waals surface area contributed by atoms with Crippen molar-refractivity contribution in [3.8, 4) is 11.1 Å². The van der Waals surface area contributed by atoms with Gasteiger partial charge < -0.3 is 4.98 Å². The molecule has 2 heterocycles. The Kier molecular flexibility index (Phi) is 2.74. The van der Waals surface area contributed by atoms with Crippen LogP contribution in [0.2, 0.25) is 0 Å². The molecule has 0 radical (unpaired) electrons. The van der Waals surface area contributed by atoms with Crippen molar-refractivity contribution in [3.05, 3.63) is 78.5 Å². The van der Waals surface area contributed by atoms with E-state index in [2.05, 4.69) is 84.7 Å². The molecule has 0 amide bonds. The van der Waals surface area contributed by atoms with Crippen molar-refractivity contribution in [2.75, 3.05) is 0 Å². The van der Waals surface area contributed by atoms with Crippen LogP contribution in [-0.2, 0) is 0 Å².